The molecular formula is C17H22N3O3+. The molecule has 1 aliphatic rings. The minimum atomic E-state index is -0.155. The maximum atomic E-state index is 12.1. The lowest BCUT2D eigenvalue weighted by Gasteiger charge is -2.28. The van der Waals surface area contributed by atoms with Crippen LogP contribution in [0.3, 0.4) is 0 Å². The predicted octanol–water partition coefficient (Wildman–Crippen LogP) is 0.355. The van der Waals surface area contributed by atoms with Crippen LogP contribution < -0.4 is 10.2 Å². The van der Waals surface area contributed by atoms with Gasteiger partial charge in [0.25, 0.3) is 5.91 Å². The maximum Gasteiger partial charge on any atom is 0.314 e. The molecule has 0 radical (unpaired) electrons. The summed E-state index contributed by atoms with van der Waals surface area (Å²) in [7, 11) is 0. The molecule has 1 aromatic carbocycles. The number of nitriles is 1. The number of quaternary nitrogens is 1. The first-order chi connectivity index (χ1) is 11.1. The highest BCUT2D eigenvalue weighted by Gasteiger charge is 2.30. The van der Waals surface area contributed by atoms with Gasteiger partial charge in [-0.1, -0.05) is 0 Å². The third kappa shape index (κ3) is 5.08. The van der Waals surface area contributed by atoms with Crippen LogP contribution >= 0.6 is 0 Å². The Kier molecular flexibility index (Phi) is 6.12. The molecule has 6 nitrogen and oxygen atoms in total. The third-order valence-corrected chi connectivity index (χ3v) is 3.95. The second-order valence-corrected chi connectivity index (χ2v) is 5.71. The van der Waals surface area contributed by atoms with Crippen LogP contribution in [0.25, 0.3) is 0 Å². The number of hydrogen-bond donors (Lipinski definition) is 2. The van der Waals surface area contributed by atoms with Gasteiger partial charge in [0.1, 0.15) is 5.92 Å². The first-order valence-corrected chi connectivity index (χ1v) is 7.92. The molecule has 1 heterocycles. The number of hydrogen-bond acceptors (Lipinski definition) is 4. The number of nitrogens with zero attached hydrogens (tertiary/aromatic N) is 1. The van der Waals surface area contributed by atoms with E-state index in [0.717, 1.165) is 24.3 Å². The van der Waals surface area contributed by atoms with E-state index in [0.29, 0.717) is 30.9 Å². The highest BCUT2D eigenvalue weighted by molar-refractivity contribution is 5.91. The number of carbonyl (C=O) groups excluding carboxylic acids is 2. The molecule has 2 rings (SSSR count). The van der Waals surface area contributed by atoms with E-state index in [1.807, 2.05) is 6.07 Å². The van der Waals surface area contributed by atoms with Crippen molar-refractivity contribution in [3.8, 4) is 6.07 Å². The molecule has 1 aromatic rings. The van der Waals surface area contributed by atoms with E-state index in [4.69, 9.17) is 10.00 Å². The fraction of sp³-hybridized carbons (Fsp3) is 0.471. The number of ether oxygens (including phenoxy) is 1. The van der Waals surface area contributed by atoms with Gasteiger partial charge in [0.2, 0.25) is 0 Å². The molecule has 23 heavy (non-hydrogen) atoms. The van der Waals surface area contributed by atoms with Gasteiger partial charge in [-0.05, 0) is 44.0 Å². The molecule has 0 aromatic heterocycles. The molecule has 2 N–H and O–H groups in total. The molecule has 2 atom stereocenters. The summed E-state index contributed by atoms with van der Waals surface area (Å²) < 4.78 is 5.07. The zero-order valence-corrected chi connectivity index (χ0v) is 13.3. The number of rotatable bonds is 5. The van der Waals surface area contributed by atoms with Crippen molar-refractivity contribution in [3.63, 3.8) is 0 Å². The number of likely N-dealkylation sites (tertiary alicyclic amines) is 1. The number of anilines is 1. The van der Waals surface area contributed by atoms with E-state index in [1.165, 1.54) is 0 Å². The second-order valence-electron chi connectivity index (χ2n) is 5.71. The van der Waals surface area contributed by atoms with Crippen molar-refractivity contribution in [2.75, 3.05) is 31.6 Å². The van der Waals surface area contributed by atoms with Crippen molar-refractivity contribution >= 4 is 17.6 Å². The molecular weight excluding hydrogens is 294 g/mol. The lowest BCUT2D eigenvalue weighted by molar-refractivity contribution is -0.899. The van der Waals surface area contributed by atoms with Crippen molar-refractivity contribution in [2.24, 2.45) is 5.92 Å². The molecule has 0 spiro atoms. The Bertz CT molecular complexity index is 592. The van der Waals surface area contributed by atoms with Gasteiger partial charge < -0.3 is 15.0 Å². The Hall–Kier alpha value is -2.39. The number of carbonyl (C=O) groups is 2. The van der Waals surface area contributed by atoms with Crippen LogP contribution in [0.4, 0.5) is 5.69 Å². The van der Waals surface area contributed by atoms with E-state index in [9.17, 15) is 9.59 Å². The summed E-state index contributed by atoms with van der Waals surface area (Å²) in [5.41, 5.74) is 1.23. The molecule has 1 aliphatic heterocycles. The number of esters is 1. The Labute approximate surface area is 136 Å². The van der Waals surface area contributed by atoms with Crippen LogP contribution in [0, 0.1) is 17.2 Å². The summed E-state index contributed by atoms with van der Waals surface area (Å²) in [4.78, 5) is 25.0. The van der Waals surface area contributed by atoms with Crippen molar-refractivity contribution in [1.82, 2.24) is 0 Å². The highest BCUT2D eigenvalue weighted by atomic mass is 16.5. The van der Waals surface area contributed by atoms with Gasteiger partial charge in [-0.3, -0.25) is 9.59 Å². The smallest absolute Gasteiger partial charge is 0.314 e. The lowest BCUT2D eigenvalue weighted by atomic mass is 9.98. The van der Waals surface area contributed by atoms with Gasteiger partial charge in [0.15, 0.2) is 6.54 Å². The Morgan fingerprint density at radius 1 is 1.39 bits per heavy atom. The Balaban J connectivity index is 1.84. The van der Waals surface area contributed by atoms with E-state index in [-0.39, 0.29) is 17.8 Å². The van der Waals surface area contributed by atoms with Crippen LogP contribution in [0.15, 0.2) is 24.3 Å². The SMILES string of the molecule is CCOC(=O)[C@@H]1CCC[NH+](CC(=O)Nc2ccc(C#N)cc2)C1. The normalized spacial score (nSPS) is 20.3. The summed E-state index contributed by atoms with van der Waals surface area (Å²) in [5.74, 6) is -0.354. The maximum absolute atomic E-state index is 12.1. The fourth-order valence-corrected chi connectivity index (χ4v) is 2.83. The molecule has 0 aliphatic carbocycles. The van der Waals surface area contributed by atoms with Crippen molar-refractivity contribution in [2.45, 2.75) is 19.8 Å². The average Bonchev–Trinajstić information content (AvgIpc) is 2.56. The van der Waals surface area contributed by atoms with Crippen LogP contribution in [0.5, 0.6) is 0 Å². The summed E-state index contributed by atoms with van der Waals surface area (Å²) in [6.07, 6.45) is 1.75. The predicted molar refractivity (Wildman–Crippen MR) is 84.7 cm³/mol. The van der Waals surface area contributed by atoms with Gasteiger partial charge in [-0.25, -0.2) is 0 Å². The molecule has 1 amide bonds. The number of nitrogens with one attached hydrogen (secondary N) is 2. The summed E-state index contributed by atoms with van der Waals surface area (Å²) in [5, 5.41) is 11.6. The van der Waals surface area contributed by atoms with Crippen LogP contribution in [-0.4, -0.2) is 38.1 Å². The molecule has 0 bridgehead atoms. The minimum Gasteiger partial charge on any atom is -0.466 e. The molecule has 0 saturated carbocycles. The quantitative estimate of drug-likeness (QED) is 0.768. The van der Waals surface area contributed by atoms with Gasteiger partial charge in [-0.2, -0.15) is 5.26 Å². The molecule has 1 unspecified atom stereocenters. The van der Waals surface area contributed by atoms with E-state index in [1.54, 1.807) is 31.2 Å². The van der Waals surface area contributed by atoms with Crippen LogP contribution in [0.2, 0.25) is 0 Å². The highest BCUT2D eigenvalue weighted by Crippen LogP contribution is 2.10. The third-order valence-electron chi connectivity index (χ3n) is 3.95. The zero-order valence-electron chi connectivity index (χ0n) is 13.3. The molecule has 1 fully saturated rings. The van der Waals surface area contributed by atoms with Gasteiger partial charge in [0, 0.05) is 5.69 Å². The number of amides is 1. The van der Waals surface area contributed by atoms with Crippen molar-refractivity contribution in [1.29, 1.82) is 5.26 Å². The Morgan fingerprint density at radius 2 is 2.13 bits per heavy atom. The van der Waals surface area contributed by atoms with E-state index < -0.39 is 0 Å². The van der Waals surface area contributed by atoms with E-state index >= 15 is 0 Å². The molecule has 1 saturated heterocycles. The number of benzene rings is 1. The lowest BCUT2D eigenvalue weighted by Crippen LogP contribution is -3.14. The second kappa shape index (κ2) is 8.30. The zero-order chi connectivity index (χ0) is 16.7. The standard InChI is InChI=1S/C17H21N3O3/c1-2-23-17(22)14-4-3-9-20(11-14)12-16(21)19-15-7-5-13(10-18)6-8-15/h5-8,14H,2-4,9,11-12H2,1H3,(H,19,21)/p+1/t14-/m1/s1. The summed E-state index contributed by atoms with van der Waals surface area (Å²) in [6, 6.07) is 8.80. The van der Waals surface area contributed by atoms with Crippen molar-refractivity contribution < 1.29 is 19.2 Å². The monoisotopic (exact) mass is 316 g/mol. The van der Waals surface area contributed by atoms with Gasteiger partial charge in [-0.15, -0.1) is 0 Å². The number of piperidine rings is 1. The van der Waals surface area contributed by atoms with Crippen LogP contribution in [0.1, 0.15) is 25.3 Å². The first-order valence-electron chi connectivity index (χ1n) is 7.92. The van der Waals surface area contributed by atoms with Gasteiger partial charge >= 0.3 is 5.97 Å². The summed E-state index contributed by atoms with van der Waals surface area (Å²) in [6.45, 7) is 4.05. The van der Waals surface area contributed by atoms with Crippen LogP contribution in [-0.2, 0) is 14.3 Å². The van der Waals surface area contributed by atoms with Crippen molar-refractivity contribution in [3.05, 3.63) is 29.8 Å². The topological polar surface area (TPSA) is 83.6 Å². The Morgan fingerprint density at radius 3 is 2.78 bits per heavy atom. The average molecular weight is 316 g/mol. The molecule has 122 valence electrons. The van der Waals surface area contributed by atoms with Gasteiger partial charge in [0.05, 0.1) is 31.3 Å². The summed E-state index contributed by atoms with van der Waals surface area (Å²) >= 11 is 0. The first kappa shape index (κ1) is 17.0. The molecule has 6 heteroatoms. The van der Waals surface area contributed by atoms with E-state index in [2.05, 4.69) is 5.32 Å². The largest absolute Gasteiger partial charge is 0.466 e. The fourth-order valence-electron chi connectivity index (χ4n) is 2.83. The minimum absolute atomic E-state index is 0.0887.